The first-order chi connectivity index (χ1) is 9.63. The van der Waals surface area contributed by atoms with Gasteiger partial charge in [-0.25, -0.2) is 5.06 Å². The minimum Gasteiger partial charge on any atom is -0.373 e. The molecule has 3 aliphatic heterocycles. The molecule has 114 valence electrons. The highest BCUT2D eigenvalue weighted by atomic mass is 16.7. The first kappa shape index (κ1) is 14.3. The fourth-order valence-corrected chi connectivity index (χ4v) is 3.54. The number of nitrogens with zero attached hydrogens (tertiary/aromatic N) is 2. The van der Waals surface area contributed by atoms with E-state index in [-0.39, 0.29) is 12.0 Å². The molecule has 3 fully saturated rings. The molecule has 0 aromatic rings. The highest BCUT2D eigenvalue weighted by Crippen LogP contribution is 2.35. The second-order valence-corrected chi connectivity index (χ2v) is 6.58. The van der Waals surface area contributed by atoms with Crippen molar-refractivity contribution in [2.45, 2.75) is 57.8 Å². The monoisotopic (exact) mass is 282 g/mol. The topological polar surface area (TPSA) is 42.0 Å². The highest BCUT2D eigenvalue weighted by Gasteiger charge is 2.43. The molecule has 3 saturated heterocycles. The summed E-state index contributed by atoms with van der Waals surface area (Å²) in [7, 11) is 0. The molecule has 5 heteroatoms. The molecule has 3 heterocycles. The lowest BCUT2D eigenvalue weighted by Gasteiger charge is -2.27. The molecule has 0 aliphatic carbocycles. The number of carbonyl (C=O) groups excluding carboxylic acids is 1. The van der Waals surface area contributed by atoms with E-state index in [0.717, 1.165) is 38.9 Å². The first-order valence-corrected chi connectivity index (χ1v) is 7.96. The normalized spacial score (nSPS) is 34.8. The predicted molar refractivity (Wildman–Crippen MR) is 75.0 cm³/mol. The van der Waals surface area contributed by atoms with Crippen LogP contribution in [0.5, 0.6) is 0 Å². The van der Waals surface area contributed by atoms with Crippen LogP contribution in [0.2, 0.25) is 0 Å². The molecule has 0 radical (unpaired) electrons. The van der Waals surface area contributed by atoms with Crippen LogP contribution in [0.1, 0.15) is 39.5 Å². The summed E-state index contributed by atoms with van der Waals surface area (Å²) >= 11 is 0. The lowest BCUT2D eigenvalue weighted by atomic mass is 10.0. The molecular weight excluding hydrogens is 256 g/mol. The number of amides is 1. The molecule has 0 aromatic carbocycles. The molecule has 3 aliphatic rings. The molecule has 20 heavy (non-hydrogen) atoms. The second-order valence-electron chi connectivity index (χ2n) is 6.58. The van der Waals surface area contributed by atoms with Crippen molar-refractivity contribution in [2.75, 3.05) is 26.2 Å². The lowest BCUT2D eigenvalue weighted by molar-refractivity contribution is -0.199. The van der Waals surface area contributed by atoms with E-state index < -0.39 is 0 Å². The highest BCUT2D eigenvalue weighted by molar-refractivity contribution is 5.75. The van der Waals surface area contributed by atoms with Gasteiger partial charge in [-0.1, -0.05) is 0 Å². The van der Waals surface area contributed by atoms with Crippen molar-refractivity contribution in [3.8, 4) is 0 Å². The number of hydrogen-bond acceptors (Lipinski definition) is 4. The van der Waals surface area contributed by atoms with Crippen molar-refractivity contribution in [1.82, 2.24) is 9.96 Å². The Morgan fingerprint density at radius 1 is 1.30 bits per heavy atom. The van der Waals surface area contributed by atoms with Gasteiger partial charge in [-0.05, 0) is 33.1 Å². The van der Waals surface area contributed by atoms with Gasteiger partial charge in [-0.15, -0.1) is 0 Å². The van der Waals surface area contributed by atoms with Crippen LogP contribution in [0, 0.1) is 5.92 Å². The van der Waals surface area contributed by atoms with Crippen LogP contribution in [-0.4, -0.2) is 60.4 Å². The van der Waals surface area contributed by atoms with Crippen LogP contribution in [0.15, 0.2) is 0 Å². The number of hydroxylamine groups is 2. The number of hydrogen-bond donors (Lipinski definition) is 0. The quantitative estimate of drug-likeness (QED) is 0.785. The van der Waals surface area contributed by atoms with Gasteiger partial charge in [0.25, 0.3) is 0 Å². The molecule has 0 unspecified atom stereocenters. The number of likely N-dealkylation sites (tertiary alicyclic amines) is 1. The Morgan fingerprint density at radius 2 is 2.15 bits per heavy atom. The zero-order valence-corrected chi connectivity index (χ0v) is 12.6. The Balaban J connectivity index is 1.46. The van der Waals surface area contributed by atoms with E-state index in [0.29, 0.717) is 31.1 Å². The summed E-state index contributed by atoms with van der Waals surface area (Å²) in [4.78, 5) is 20.0. The molecular formula is C15H26N2O3. The van der Waals surface area contributed by atoms with E-state index >= 15 is 0 Å². The van der Waals surface area contributed by atoms with E-state index in [9.17, 15) is 4.79 Å². The van der Waals surface area contributed by atoms with Crippen LogP contribution in [0.3, 0.4) is 0 Å². The Labute approximate surface area is 121 Å². The van der Waals surface area contributed by atoms with Crippen LogP contribution in [0.4, 0.5) is 0 Å². The SMILES string of the molecule is CC(C)N1C[C@@H]2C[C@H](CC(=O)N3CCCCO3)O[C@@H]2C1. The molecule has 0 saturated carbocycles. The summed E-state index contributed by atoms with van der Waals surface area (Å²) in [6.45, 7) is 8.01. The van der Waals surface area contributed by atoms with Gasteiger partial charge in [-0.2, -0.15) is 0 Å². The summed E-state index contributed by atoms with van der Waals surface area (Å²) < 4.78 is 6.08. The van der Waals surface area contributed by atoms with E-state index in [2.05, 4.69) is 18.7 Å². The number of rotatable bonds is 3. The second kappa shape index (κ2) is 6.00. The van der Waals surface area contributed by atoms with Gasteiger partial charge in [0, 0.05) is 31.6 Å². The molecule has 3 rings (SSSR count). The minimum atomic E-state index is 0.0930. The van der Waals surface area contributed by atoms with E-state index in [1.807, 2.05) is 0 Å². The zero-order valence-electron chi connectivity index (χ0n) is 12.6. The van der Waals surface area contributed by atoms with Crippen molar-refractivity contribution < 1.29 is 14.4 Å². The van der Waals surface area contributed by atoms with Crippen LogP contribution >= 0.6 is 0 Å². The van der Waals surface area contributed by atoms with Crippen molar-refractivity contribution in [3.63, 3.8) is 0 Å². The summed E-state index contributed by atoms with van der Waals surface area (Å²) in [6.07, 6.45) is 4.03. The maximum absolute atomic E-state index is 12.2. The van der Waals surface area contributed by atoms with E-state index in [4.69, 9.17) is 9.57 Å². The Bertz CT molecular complexity index is 341. The molecule has 3 atom stereocenters. The van der Waals surface area contributed by atoms with Gasteiger partial charge < -0.3 is 4.74 Å². The Kier molecular flexibility index (Phi) is 4.29. The van der Waals surface area contributed by atoms with Crippen molar-refractivity contribution >= 4 is 5.91 Å². The van der Waals surface area contributed by atoms with Crippen molar-refractivity contribution in [3.05, 3.63) is 0 Å². The first-order valence-electron chi connectivity index (χ1n) is 7.96. The lowest BCUT2D eigenvalue weighted by Crippen LogP contribution is -2.38. The summed E-state index contributed by atoms with van der Waals surface area (Å²) in [5, 5.41) is 1.54. The maximum Gasteiger partial charge on any atom is 0.248 e. The van der Waals surface area contributed by atoms with Gasteiger partial charge >= 0.3 is 0 Å². The average molecular weight is 282 g/mol. The third kappa shape index (κ3) is 3.00. The molecule has 1 amide bonds. The standard InChI is InChI=1S/C15H26N2O3/c1-11(2)16-9-12-7-13(20-14(12)10-16)8-15(18)17-5-3-4-6-19-17/h11-14H,3-10H2,1-2H3/t12-,13+,14+/m0/s1. The maximum atomic E-state index is 12.2. The van der Waals surface area contributed by atoms with Crippen molar-refractivity contribution in [2.24, 2.45) is 5.92 Å². The molecule has 5 nitrogen and oxygen atoms in total. The molecule has 0 N–H and O–H groups in total. The summed E-state index contributed by atoms with van der Waals surface area (Å²) in [5.41, 5.74) is 0. The predicted octanol–water partition coefficient (Wildman–Crippen LogP) is 1.43. The number of ether oxygens (including phenoxy) is 1. The van der Waals surface area contributed by atoms with E-state index in [1.54, 1.807) is 5.06 Å². The largest absolute Gasteiger partial charge is 0.373 e. The van der Waals surface area contributed by atoms with Crippen LogP contribution in [0.25, 0.3) is 0 Å². The fraction of sp³-hybridized carbons (Fsp3) is 0.933. The zero-order chi connectivity index (χ0) is 14.1. The van der Waals surface area contributed by atoms with Gasteiger partial charge in [0.1, 0.15) is 0 Å². The van der Waals surface area contributed by atoms with Crippen molar-refractivity contribution in [1.29, 1.82) is 0 Å². The van der Waals surface area contributed by atoms with Crippen LogP contribution in [-0.2, 0) is 14.4 Å². The number of fused-ring (bicyclic) bond motifs is 1. The molecule has 0 spiro atoms. The third-order valence-corrected chi connectivity index (χ3v) is 4.76. The summed E-state index contributed by atoms with van der Waals surface area (Å²) in [6, 6.07) is 0.589. The summed E-state index contributed by atoms with van der Waals surface area (Å²) in [5.74, 6) is 0.702. The third-order valence-electron chi connectivity index (χ3n) is 4.76. The fourth-order valence-electron chi connectivity index (χ4n) is 3.54. The van der Waals surface area contributed by atoms with Crippen LogP contribution < -0.4 is 0 Å². The number of carbonyl (C=O) groups is 1. The van der Waals surface area contributed by atoms with Gasteiger partial charge in [0.15, 0.2) is 0 Å². The molecule has 0 aromatic heterocycles. The van der Waals surface area contributed by atoms with E-state index in [1.165, 1.54) is 0 Å². The minimum absolute atomic E-state index is 0.0930. The smallest absolute Gasteiger partial charge is 0.248 e. The van der Waals surface area contributed by atoms with Gasteiger partial charge in [-0.3, -0.25) is 14.5 Å². The average Bonchev–Trinajstić information content (AvgIpc) is 2.97. The van der Waals surface area contributed by atoms with Gasteiger partial charge in [0.2, 0.25) is 5.91 Å². The Hall–Kier alpha value is -0.650. The Morgan fingerprint density at radius 3 is 2.80 bits per heavy atom. The van der Waals surface area contributed by atoms with Gasteiger partial charge in [0.05, 0.1) is 25.2 Å². The molecule has 0 bridgehead atoms.